The Morgan fingerprint density at radius 2 is 2.00 bits per heavy atom. The van der Waals surface area contributed by atoms with E-state index in [9.17, 15) is 0 Å². The molecular weight excluding hydrogens is 238 g/mol. The van der Waals surface area contributed by atoms with Crippen LogP contribution in [0, 0.1) is 20.8 Å². The van der Waals surface area contributed by atoms with E-state index in [1.54, 1.807) is 0 Å². The van der Waals surface area contributed by atoms with Crippen LogP contribution in [0.4, 0.5) is 0 Å². The van der Waals surface area contributed by atoms with Gasteiger partial charge in [-0.25, -0.2) is 0 Å². The van der Waals surface area contributed by atoms with Crippen LogP contribution in [0.2, 0.25) is 0 Å². The SMILES string of the molecule is Cc1nn(Cc2ccc(CNC3CC3)o2)c(C)c1C. The van der Waals surface area contributed by atoms with Gasteiger partial charge in [-0.3, -0.25) is 4.68 Å². The summed E-state index contributed by atoms with van der Waals surface area (Å²) >= 11 is 0. The summed E-state index contributed by atoms with van der Waals surface area (Å²) in [6, 6.07) is 4.83. The highest BCUT2D eigenvalue weighted by atomic mass is 16.3. The lowest BCUT2D eigenvalue weighted by Gasteiger charge is -2.02. The number of nitrogens with zero attached hydrogens (tertiary/aromatic N) is 2. The number of rotatable bonds is 5. The first-order chi connectivity index (χ1) is 9.13. The van der Waals surface area contributed by atoms with Gasteiger partial charge in [-0.05, 0) is 51.3 Å². The van der Waals surface area contributed by atoms with Gasteiger partial charge in [0.1, 0.15) is 11.5 Å². The lowest BCUT2D eigenvalue weighted by molar-refractivity contribution is 0.427. The van der Waals surface area contributed by atoms with Crippen molar-refractivity contribution in [3.05, 3.63) is 40.6 Å². The number of aromatic nitrogens is 2. The van der Waals surface area contributed by atoms with E-state index in [0.717, 1.165) is 23.8 Å². The summed E-state index contributed by atoms with van der Waals surface area (Å²) in [5.74, 6) is 1.98. The normalized spacial score (nSPS) is 15.1. The fourth-order valence-corrected chi connectivity index (χ4v) is 2.22. The van der Waals surface area contributed by atoms with E-state index in [1.807, 2.05) is 11.6 Å². The quantitative estimate of drug-likeness (QED) is 0.897. The largest absolute Gasteiger partial charge is 0.463 e. The van der Waals surface area contributed by atoms with Gasteiger partial charge in [-0.15, -0.1) is 0 Å². The molecule has 3 rings (SSSR count). The van der Waals surface area contributed by atoms with E-state index in [4.69, 9.17) is 4.42 Å². The van der Waals surface area contributed by atoms with Crippen molar-refractivity contribution in [1.29, 1.82) is 0 Å². The van der Waals surface area contributed by atoms with Crippen LogP contribution in [0.5, 0.6) is 0 Å². The molecule has 1 aliphatic rings. The van der Waals surface area contributed by atoms with Crippen LogP contribution < -0.4 is 5.32 Å². The Morgan fingerprint density at radius 1 is 1.26 bits per heavy atom. The molecule has 0 unspecified atom stereocenters. The summed E-state index contributed by atoms with van der Waals surface area (Å²) in [4.78, 5) is 0. The molecule has 0 atom stereocenters. The van der Waals surface area contributed by atoms with Gasteiger partial charge in [0.25, 0.3) is 0 Å². The molecule has 1 N–H and O–H groups in total. The van der Waals surface area contributed by atoms with Crippen molar-refractivity contribution >= 4 is 0 Å². The fraction of sp³-hybridized carbons (Fsp3) is 0.533. The molecule has 1 fully saturated rings. The molecule has 0 saturated heterocycles. The third-order valence-electron chi connectivity index (χ3n) is 3.91. The average molecular weight is 259 g/mol. The Kier molecular flexibility index (Phi) is 3.19. The minimum absolute atomic E-state index is 0.712. The van der Waals surface area contributed by atoms with E-state index in [-0.39, 0.29) is 0 Å². The summed E-state index contributed by atoms with van der Waals surface area (Å²) in [6.45, 7) is 7.81. The average Bonchev–Trinajstić information content (AvgIpc) is 3.08. The first kappa shape index (κ1) is 12.5. The van der Waals surface area contributed by atoms with Gasteiger partial charge in [0.15, 0.2) is 0 Å². The van der Waals surface area contributed by atoms with Crippen molar-refractivity contribution < 1.29 is 4.42 Å². The molecule has 0 radical (unpaired) electrons. The molecule has 102 valence electrons. The number of aryl methyl sites for hydroxylation is 1. The standard InChI is InChI=1S/C15H21N3O/c1-10-11(2)17-18(12(10)3)9-15-7-6-14(19-15)8-16-13-4-5-13/h6-7,13,16H,4-5,8-9H2,1-3H3. The highest BCUT2D eigenvalue weighted by Gasteiger charge is 2.20. The van der Waals surface area contributed by atoms with Crippen molar-refractivity contribution in [2.45, 2.75) is 52.7 Å². The van der Waals surface area contributed by atoms with Gasteiger partial charge in [0.05, 0.1) is 18.8 Å². The topological polar surface area (TPSA) is 43.0 Å². The van der Waals surface area contributed by atoms with Crippen molar-refractivity contribution in [2.24, 2.45) is 0 Å². The van der Waals surface area contributed by atoms with Crippen molar-refractivity contribution in [3.8, 4) is 0 Å². The van der Waals surface area contributed by atoms with Gasteiger partial charge in [-0.1, -0.05) is 0 Å². The second-order valence-electron chi connectivity index (χ2n) is 5.48. The molecule has 19 heavy (non-hydrogen) atoms. The lowest BCUT2D eigenvalue weighted by Crippen LogP contribution is -2.14. The predicted molar refractivity (Wildman–Crippen MR) is 74.1 cm³/mol. The second kappa shape index (κ2) is 4.85. The van der Waals surface area contributed by atoms with Crippen LogP contribution in [-0.4, -0.2) is 15.8 Å². The zero-order valence-electron chi connectivity index (χ0n) is 11.9. The molecule has 1 aliphatic carbocycles. The summed E-state index contributed by atoms with van der Waals surface area (Å²) in [5, 5.41) is 8.00. The highest BCUT2D eigenvalue weighted by Crippen LogP contribution is 2.20. The molecule has 2 heterocycles. The zero-order chi connectivity index (χ0) is 13.4. The molecule has 0 aromatic carbocycles. The molecule has 2 aromatic heterocycles. The summed E-state index contributed by atoms with van der Waals surface area (Å²) in [5.41, 5.74) is 3.58. The van der Waals surface area contributed by atoms with Gasteiger partial charge in [0, 0.05) is 11.7 Å². The second-order valence-corrected chi connectivity index (χ2v) is 5.48. The van der Waals surface area contributed by atoms with Gasteiger partial charge < -0.3 is 9.73 Å². The zero-order valence-corrected chi connectivity index (χ0v) is 11.9. The first-order valence-electron chi connectivity index (χ1n) is 6.95. The van der Waals surface area contributed by atoms with Gasteiger partial charge >= 0.3 is 0 Å². The molecule has 1 saturated carbocycles. The third-order valence-corrected chi connectivity index (χ3v) is 3.91. The monoisotopic (exact) mass is 259 g/mol. The number of nitrogens with one attached hydrogen (secondary N) is 1. The van der Waals surface area contributed by atoms with E-state index >= 15 is 0 Å². The molecule has 4 nitrogen and oxygen atoms in total. The molecule has 2 aromatic rings. The fourth-order valence-electron chi connectivity index (χ4n) is 2.22. The maximum absolute atomic E-state index is 5.85. The first-order valence-corrected chi connectivity index (χ1v) is 6.95. The minimum Gasteiger partial charge on any atom is -0.463 e. The van der Waals surface area contributed by atoms with E-state index in [2.05, 4.69) is 36.4 Å². The highest BCUT2D eigenvalue weighted by molar-refractivity contribution is 5.23. The van der Waals surface area contributed by atoms with Crippen molar-refractivity contribution in [1.82, 2.24) is 15.1 Å². The maximum Gasteiger partial charge on any atom is 0.125 e. The number of hydrogen-bond donors (Lipinski definition) is 1. The van der Waals surface area contributed by atoms with Crippen LogP contribution in [0.3, 0.4) is 0 Å². The minimum atomic E-state index is 0.712. The molecule has 4 heteroatoms. The van der Waals surface area contributed by atoms with Gasteiger partial charge in [0.2, 0.25) is 0 Å². The van der Waals surface area contributed by atoms with Crippen molar-refractivity contribution in [3.63, 3.8) is 0 Å². The summed E-state index contributed by atoms with van der Waals surface area (Å²) < 4.78 is 7.86. The predicted octanol–water partition coefficient (Wildman–Crippen LogP) is 2.70. The molecule has 0 spiro atoms. The molecule has 0 bridgehead atoms. The van der Waals surface area contributed by atoms with E-state index in [0.29, 0.717) is 12.6 Å². The summed E-state index contributed by atoms with van der Waals surface area (Å²) in [7, 11) is 0. The van der Waals surface area contributed by atoms with Crippen LogP contribution in [-0.2, 0) is 13.1 Å². The Bertz CT molecular complexity index is 578. The van der Waals surface area contributed by atoms with Crippen LogP contribution in [0.1, 0.15) is 41.3 Å². The van der Waals surface area contributed by atoms with Crippen molar-refractivity contribution in [2.75, 3.05) is 0 Å². The Morgan fingerprint density at radius 3 is 2.63 bits per heavy atom. The molecular formula is C15H21N3O. The number of furan rings is 1. The maximum atomic E-state index is 5.85. The third kappa shape index (κ3) is 2.73. The van der Waals surface area contributed by atoms with E-state index < -0.39 is 0 Å². The Balaban J connectivity index is 1.66. The smallest absolute Gasteiger partial charge is 0.125 e. The van der Waals surface area contributed by atoms with Crippen LogP contribution >= 0.6 is 0 Å². The van der Waals surface area contributed by atoms with Crippen LogP contribution in [0.15, 0.2) is 16.5 Å². The lowest BCUT2D eigenvalue weighted by atomic mass is 10.2. The Hall–Kier alpha value is -1.55. The van der Waals surface area contributed by atoms with Crippen LogP contribution in [0.25, 0.3) is 0 Å². The summed E-state index contributed by atoms with van der Waals surface area (Å²) in [6.07, 6.45) is 2.61. The number of hydrogen-bond acceptors (Lipinski definition) is 3. The van der Waals surface area contributed by atoms with E-state index in [1.165, 1.54) is 24.1 Å². The van der Waals surface area contributed by atoms with Gasteiger partial charge in [-0.2, -0.15) is 5.10 Å². The molecule has 0 amide bonds. The molecule has 0 aliphatic heterocycles. The Labute approximate surface area is 113 Å².